The average molecular weight is 332 g/mol. The van der Waals surface area contributed by atoms with Gasteiger partial charge in [-0.05, 0) is 56.4 Å². The van der Waals surface area contributed by atoms with Gasteiger partial charge in [-0.25, -0.2) is 4.39 Å². The Morgan fingerprint density at radius 2 is 1.92 bits per heavy atom. The van der Waals surface area contributed by atoms with Crippen LogP contribution in [0.5, 0.6) is 0 Å². The van der Waals surface area contributed by atoms with Crippen LogP contribution in [0.1, 0.15) is 45.4 Å². The van der Waals surface area contributed by atoms with Crippen LogP contribution in [0, 0.1) is 5.82 Å². The summed E-state index contributed by atoms with van der Waals surface area (Å²) in [6.07, 6.45) is 8.14. The van der Waals surface area contributed by atoms with E-state index in [1.165, 1.54) is 49.6 Å². The highest BCUT2D eigenvalue weighted by atomic mass is 19.1. The normalized spacial score (nSPS) is 14.0. The van der Waals surface area contributed by atoms with Gasteiger partial charge in [0.15, 0.2) is 0 Å². The Balaban J connectivity index is 1.77. The Kier molecular flexibility index (Phi) is 6.97. The van der Waals surface area contributed by atoms with Crippen LogP contribution in [0.2, 0.25) is 0 Å². The predicted octanol–water partition coefficient (Wildman–Crippen LogP) is 3.89. The molecule has 0 saturated carbocycles. The number of nitrogens with one attached hydrogen (secondary N) is 1. The quantitative estimate of drug-likeness (QED) is 0.770. The Morgan fingerprint density at radius 3 is 2.54 bits per heavy atom. The zero-order valence-corrected chi connectivity index (χ0v) is 14.2. The molecule has 130 valence electrons. The molecule has 0 aliphatic heterocycles. The van der Waals surface area contributed by atoms with Gasteiger partial charge in [0.2, 0.25) is 11.8 Å². The molecule has 0 aromatic heterocycles. The van der Waals surface area contributed by atoms with Crippen molar-refractivity contribution in [2.45, 2.75) is 45.4 Å². The van der Waals surface area contributed by atoms with E-state index in [9.17, 15) is 14.0 Å². The molecule has 0 saturated heterocycles. The van der Waals surface area contributed by atoms with Gasteiger partial charge in [-0.2, -0.15) is 0 Å². The van der Waals surface area contributed by atoms with Crippen molar-refractivity contribution in [2.24, 2.45) is 0 Å². The van der Waals surface area contributed by atoms with E-state index in [2.05, 4.69) is 11.4 Å². The van der Waals surface area contributed by atoms with Gasteiger partial charge >= 0.3 is 0 Å². The van der Waals surface area contributed by atoms with E-state index in [0.717, 1.165) is 19.3 Å². The third-order valence-electron chi connectivity index (χ3n) is 4.27. The molecule has 5 heteroatoms. The maximum Gasteiger partial charge on any atom is 0.226 e. The molecule has 0 unspecified atom stereocenters. The standard InChI is InChI=1S/C19H25FN2O2/c1-15(23)22(13-11-16-5-3-2-4-6-16)14-12-19(24)21-18-9-7-17(20)8-10-18/h5,7-10H,2-4,6,11-14H2,1H3,(H,21,24). The van der Waals surface area contributed by atoms with E-state index in [-0.39, 0.29) is 24.1 Å². The number of anilines is 1. The van der Waals surface area contributed by atoms with Gasteiger partial charge in [-0.15, -0.1) is 0 Å². The minimum Gasteiger partial charge on any atom is -0.342 e. The van der Waals surface area contributed by atoms with Gasteiger partial charge in [0, 0.05) is 32.1 Å². The summed E-state index contributed by atoms with van der Waals surface area (Å²) in [6, 6.07) is 5.64. The number of benzene rings is 1. The number of hydrogen-bond donors (Lipinski definition) is 1. The fourth-order valence-electron chi connectivity index (χ4n) is 2.83. The maximum absolute atomic E-state index is 12.8. The number of hydrogen-bond acceptors (Lipinski definition) is 2. The van der Waals surface area contributed by atoms with Crippen molar-refractivity contribution in [2.75, 3.05) is 18.4 Å². The molecule has 1 aliphatic carbocycles. The van der Waals surface area contributed by atoms with Gasteiger partial charge in [0.05, 0.1) is 0 Å². The largest absolute Gasteiger partial charge is 0.342 e. The van der Waals surface area contributed by atoms with Gasteiger partial charge in [-0.3, -0.25) is 9.59 Å². The number of halogens is 1. The van der Waals surface area contributed by atoms with Crippen LogP contribution in [-0.2, 0) is 9.59 Å². The molecule has 0 heterocycles. The van der Waals surface area contributed by atoms with Crippen molar-refractivity contribution in [3.8, 4) is 0 Å². The summed E-state index contributed by atoms with van der Waals surface area (Å²) in [6.45, 7) is 2.59. The molecule has 24 heavy (non-hydrogen) atoms. The second-order valence-corrected chi connectivity index (χ2v) is 6.17. The van der Waals surface area contributed by atoms with E-state index in [1.807, 2.05) is 0 Å². The summed E-state index contributed by atoms with van der Waals surface area (Å²) >= 11 is 0. The van der Waals surface area contributed by atoms with Crippen LogP contribution in [0.15, 0.2) is 35.9 Å². The number of nitrogens with zero attached hydrogens (tertiary/aromatic N) is 1. The molecule has 0 atom stereocenters. The molecular weight excluding hydrogens is 307 g/mol. The molecule has 2 rings (SSSR count). The highest BCUT2D eigenvalue weighted by molar-refractivity contribution is 5.91. The predicted molar refractivity (Wildman–Crippen MR) is 93.1 cm³/mol. The molecule has 0 radical (unpaired) electrons. The Morgan fingerprint density at radius 1 is 1.17 bits per heavy atom. The van der Waals surface area contributed by atoms with Gasteiger partial charge < -0.3 is 10.2 Å². The first kappa shape index (κ1) is 18.2. The summed E-state index contributed by atoms with van der Waals surface area (Å²) in [5, 5.41) is 2.71. The van der Waals surface area contributed by atoms with E-state index in [4.69, 9.17) is 0 Å². The lowest BCUT2D eigenvalue weighted by atomic mass is 9.97. The highest BCUT2D eigenvalue weighted by Gasteiger charge is 2.13. The minimum atomic E-state index is -0.340. The van der Waals surface area contributed by atoms with Crippen LogP contribution in [-0.4, -0.2) is 29.8 Å². The van der Waals surface area contributed by atoms with Gasteiger partial charge in [0.25, 0.3) is 0 Å². The Hall–Kier alpha value is -2.17. The number of rotatable bonds is 7. The van der Waals surface area contributed by atoms with E-state index < -0.39 is 0 Å². The third kappa shape index (κ3) is 6.14. The zero-order valence-electron chi connectivity index (χ0n) is 14.2. The second kappa shape index (κ2) is 9.21. The molecule has 0 bridgehead atoms. The van der Waals surface area contributed by atoms with Crippen LogP contribution in [0.3, 0.4) is 0 Å². The topological polar surface area (TPSA) is 49.4 Å². The lowest BCUT2D eigenvalue weighted by Crippen LogP contribution is -2.33. The van der Waals surface area contributed by atoms with Gasteiger partial charge in [0.1, 0.15) is 5.82 Å². The molecular formula is C19H25FN2O2. The summed E-state index contributed by atoms with van der Waals surface area (Å²) in [5.41, 5.74) is 1.98. The summed E-state index contributed by atoms with van der Waals surface area (Å²) in [7, 11) is 0. The zero-order chi connectivity index (χ0) is 17.4. The number of carbonyl (C=O) groups is 2. The SMILES string of the molecule is CC(=O)N(CCC(=O)Nc1ccc(F)cc1)CCC1=CCCCC1. The van der Waals surface area contributed by atoms with Crippen molar-refractivity contribution in [1.82, 2.24) is 4.90 Å². The van der Waals surface area contributed by atoms with Crippen LogP contribution in [0.4, 0.5) is 10.1 Å². The van der Waals surface area contributed by atoms with Gasteiger partial charge in [-0.1, -0.05) is 11.6 Å². The molecule has 4 nitrogen and oxygen atoms in total. The molecule has 0 spiro atoms. The van der Waals surface area contributed by atoms with Crippen LogP contribution in [0.25, 0.3) is 0 Å². The average Bonchev–Trinajstić information content (AvgIpc) is 2.57. The monoisotopic (exact) mass is 332 g/mol. The maximum atomic E-state index is 12.8. The van der Waals surface area contributed by atoms with Crippen molar-refractivity contribution in [3.63, 3.8) is 0 Å². The smallest absolute Gasteiger partial charge is 0.226 e. The lowest BCUT2D eigenvalue weighted by Gasteiger charge is -2.22. The molecule has 1 aliphatic rings. The second-order valence-electron chi connectivity index (χ2n) is 6.17. The van der Waals surface area contributed by atoms with E-state index in [1.54, 1.807) is 4.90 Å². The van der Waals surface area contributed by atoms with E-state index >= 15 is 0 Å². The Labute approximate surface area is 142 Å². The summed E-state index contributed by atoms with van der Waals surface area (Å²) in [4.78, 5) is 25.5. The summed E-state index contributed by atoms with van der Waals surface area (Å²) in [5.74, 6) is -0.529. The van der Waals surface area contributed by atoms with Crippen molar-refractivity contribution < 1.29 is 14.0 Å². The fraction of sp³-hybridized carbons (Fsp3) is 0.474. The molecule has 2 amide bonds. The molecule has 0 fully saturated rings. The first-order valence-electron chi connectivity index (χ1n) is 8.53. The van der Waals surface area contributed by atoms with E-state index in [0.29, 0.717) is 18.8 Å². The summed E-state index contributed by atoms with van der Waals surface area (Å²) < 4.78 is 12.8. The van der Waals surface area contributed by atoms with Crippen LogP contribution < -0.4 is 5.32 Å². The Bertz CT molecular complexity index is 596. The number of carbonyl (C=O) groups excluding carboxylic acids is 2. The van der Waals surface area contributed by atoms with Crippen molar-refractivity contribution in [1.29, 1.82) is 0 Å². The van der Waals surface area contributed by atoms with Crippen LogP contribution >= 0.6 is 0 Å². The fourth-order valence-corrected chi connectivity index (χ4v) is 2.83. The lowest BCUT2D eigenvalue weighted by molar-refractivity contribution is -0.129. The number of allylic oxidation sites excluding steroid dienone is 1. The minimum absolute atomic E-state index is 0.0130. The van der Waals surface area contributed by atoms with Crippen molar-refractivity contribution >= 4 is 17.5 Å². The molecule has 1 aromatic rings. The molecule has 1 N–H and O–H groups in total. The first-order valence-corrected chi connectivity index (χ1v) is 8.53. The molecule has 1 aromatic carbocycles. The third-order valence-corrected chi connectivity index (χ3v) is 4.27. The first-order chi connectivity index (χ1) is 11.5. The van der Waals surface area contributed by atoms with Crippen molar-refractivity contribution in [3.05, 3.63) is 41.7 Å². The highest BCUT2D eigenvalue weighted by Crippen LogP contribution is 2.20. The number of amides is 2.